The van der Waals surface area contributed by atoms with Gasteiger partial charge in [0.25, 0.3) is 0 Å². The molecule has 7 heteroatoms. The Morgan fingerprint density at radius 3 is 2.38 bits per heavy atom. The van der Waals surface area contributed by atoms with Crippen molar-refractivity contribution in [2.75, 3.05) is 0 Å². The van der Waals surface area contributed by atoms with Crippen LogP contribution in [-0.4, -0.2) is 18.1 Å². The van der Waals surface area contributed by atoms with Crippen LogP contribution >= 0.6 is 23.2 Å². The number of rotatable bonds is 6. The standard InChI is InChI=1S/C22H16Cl2N2O3/c23-17-8-11-19(20(24)13-17)22(28)29-18-9-6-16(7-10-18)14-25-26-21(27)12-15-4-2-1-3-5-15/h1-11,13-14H,12H2,(H,26,27)/b25-14-. The number of halogens is 2. The highest BCUT2D eigenvalue weighted by atomic mass is 35.5. The molecule has 1 N–H and O–H groups in total. The van der Waals surface area contributed by atoms with E-state index in [2.05, 4.69) is 10.5 Å². The van der Waals surface area contributed by atoms with Crippen LogP contribution in [0.25, 0.3) is 0 Å². The van der Waals surface area contributed by atoms with Gasteiger partial charge in [0.2, 0.25) is 5.91 Å². The van der Waals surface area contributed by atoms with Crippen molar-refractivity contribution in [2.24, 2.45) is 5.10 Å². The third-order valence-corrected chi connectivity index (χ3v) is 4.40. The van der Waals surface area contributed by atoms with E-state index < -0.39 is 5.97 Å². The zero-order valence-corrected chi connectivity index (χ0v) is 16.7. The van der Waals surface area contributed by atoms with E-state index in [9.17, 15) is 9.59 Å². The van der Waals surface area contributed by atoms with E-state index in [1.807, 2.05) is 30.3 Å². The molecule has 29 heavy (non-hydrogen) atoms. The van der Waals surface area contributed by atoms with Crippen LogP contribution in [0.1, 0.15) is 21.5 Å². The molecule has 146 valence electrons. The van der Waals surface area contributed by atoms with Gasteiger partial charge in [0.15, 0.2) is 0 Å². The van der Waals surface area contributed by atoms with E-state index >= 15 is 0 Å². The fourth-order valence-corrected chi connectivity index (χ4v) is 2.92. The van der Waals surface area contributed by atoms with Crippen molar-refractivity contribution in [3.05, 3.63) is 99.5 Å². The Labute approximate surface area is 177 Å². The van der Waals surface area contributed by atoms with Gasteiger partial charge < -0.3 is 4.74 Å². The first-order valence-electron chi connectivity index (χ1n) is 8.64. The number of ether oxygens (including phenoxy) is 1. The average molecular weight is 427 g/mol. The zero-order valence-electron chi connectivity index (χ0n) is 15.1. The minimum Gasteiger partial charge on any atom is -0.423 e. The molecule has 0 unspecified atom stereocenters. The summed E-state index contributed by atoms with van der Waals surface area (Å²) in [6.45, 7) is 0. The molecule has 5 nitrogen and oxygen atoms in total. The normalized spacial score (nSPS) is 10.7. The minimum atomic E-state index is -0.582. The fraction of sp³-hybridized carbons (Fsp3) is 0.0455. The molecule has 0 saturated carbocycles. The summed E-state index contributed by atoms with van der Waals surface area (Å²) >= 11 is 11.8. The van der Waals surface area contributed by atoms with Crippen LogP contribution in [0, 0.1) is 0 Å². The Kier molecular flexibility index (Phi) is 7.00. The van der Waals surface area contributed by atoms with Crippen LogP contribution in [0.2, 0.25) is 10.0 Å². The summed E-state index contributed by atoms with van der Waals surface area (Å²) < 4.78 is 5.30. The van der Waals surface area contributed by atoms with Crippen LogP contribution in [0.5, 0.6) is 5.75 Å². The lowest BCUT2D eigenvalue weighted by Gasteiger charge is -2.06. The maximum atomic E-state index is 12.2. The topological polar surface area (TPSA) is 67.8 Å². The summed E-state index contributed by atoms with van der Waals surface area (Å²) in [7, 11) is 0. The quantitative estimate of drug-likeness (QED) is 0.263. The van der Waals surface area contributed by atoms with Crippen molar-refractivity contribution in [3.63, 3.8) is 0 Å². The molecule has 0 bridgehead atoms. The number of nitrogens with zero attached hydrogens (tertiary/aromatic N) is 1. The van der Waals surface area contributed by atoms with Crippen molar-refractivity contribution in [1.29, 1.82) is 0 Å². The summed E-state index contributed by atoms with van der Waals surface area (Å²) in [6, 6.07) is 20.6. The van der Waals surface area contributed by atoms with Gasteiger partial charge in [0, 0.05) is 5.02 Å². The number of hydrogen-bond donors (Lipinski definition) is 1. The molecular formula is C22H16Cl2N2O3. The van der Waals surface area contributed by atoms with Gasteiger partial charge in [-0.1, -0.05) is 53.5 Å². The molecule has 0 spiro atoms. The van der Waals surface area contributed by atoms with Crippen molar-refractivity contribution in [2.45, 2.75) is 6.42 Å². The SMILES string of the molecule is O=C(Cc1ccccc1)N/N=C\c1ccc(OC(=O)c2ccc(Cl)cc2Cl)cc1. The number of hydrogen-bond acceptors (Lipinski definition) is 4. The molecule has 3 aromatic carbocycles. The highest BCUT2D eigenvalue weighted by Crippen LogP contribution is 2.22. The van der Waals surface area contributed by atoms with Crippen LogP contribution in [0.4, 0.5) is 0 Å². The lowest BCUT2D eigenvalue weighted by atomic mass is 10.1. The van der Waals surface area contributed by atoms with Gasteiger partial charge in [-0.3, -0.25) is 4.79 Å². The molecule has 0 aliphatic heterocycles. The molecule has 3 rings (SSSR count). The Hall–Kier alpha value is -3.15. The minimum absolute atomic E-state index is 0.210. The number of carbonyl (C=O) groups excluding carboxylic acids is 2. The predicted molar refractivity (Wildman–Crippen MR) is 114 cm³/mol. The highest BCUT2D eigenvalue weighted by Gasteiger charge is 2.13. The Balaban J connectivity index is 1.53. The first kappa shape index (κ1) is 20.6. The number of nitrogens with one attached hydrogen (secondary N) is 1. The van der Waals surface area contributed by atoms with Gasteiger partial charge in [0.1, 0.15) is 5.75 Å². The van der Waals surface area contributed by atoms with Crippen LogP contribution in [0.15, 0.2) is 77.9 Å². The second kappa shape index (κ2) is 9.87. The third kappa shape index (κ3) is 6.17. The maximum Gasteiger partial charge on any atom is 0.345 e. The second-order valence-electron chi connectivity index (χ2n) is 6.04. The molecule has 0 aromatic heterocycles. The number of esters is 1. The van der Waals surface area contributed by atoms with Crippen molar-refractivity contribution < 1.29 is 14.3 Å². The molecule has 0 aliphatic carbocycles. The van der Waals surface area contributed by atoms with Gasteiger partial charge in [0.05, 0.1) is 23.2 Å². The number of carbonyl (C=O) groups is 2. The molecule has 3 aromatic rings. The lowest BCUT2D eigenvalue weighted by molar-refractivity contribution is -0.120. The first-order valence-corrected chi connectivity index (χ1v) is 9.40. The Morgan fingerprint density at radius 2 is 1.69 bits per heavy atom. The summed E-state index contributed by atoms with van der Waals surface area (Å²) in [5, 5.41) is 4.59. The molecule has 1 amide bonds. The van der Waals surface area contributed by atoms with E-state index in [0.717, 1.165) is 11.1 Å². The largest absolute Gasteiger partial charge is 0.423 e. The zero-order chi connectivity index (χ0) is 20.6. The smallest absolute Gasteiger partial charge is 0.345 e. The highest BCUT2D eigenvalue weighted by molar-refractivity contribution is 6.36. The monoisotopic (exact) mass is 426 g/mol. The number of hydrazone groups is 1. The van der Waals surface area contributed by atoms with E-state index in [1.165, 1.54) is 18.3 Å². The molecular weight excluding hydrogens is 411 g/mol. The first-order chi connectivity index (χ1) is 14.0. The van der Waals surface area contributed by atoms with Gasteiger partial charge in [-0.05, 0) is 53.6 Å². The van der Waals surface area contributed by atoms with E-state index in [4.69, 9.17) is 27.9 Å². The van der Waals surface area contributed by atoms with Crippen molar-refractivity contribution in [3.8, 4) is 5.75 Å². The van der Waals surface area contributed by atoms with Gasteiger partial charge in [-0.15, -0.1) is 0 Å². The van der Waals surface area contributed by atoms with Crippen molar-refractivity contribution in [1.82, 2.24) is 5.43 Å². The van der Waals surface area contributed by atoms with E-state index in [1.54, 1.807) is 30.3 Å². The number of amides is 1. The summed E-state index contributed by atoms with van der Waals surface area (Å²) in [6.07, 6.45) is 1.75. The molecule has 0 saturated heterocycles. The average Bonchev–Trinajstić information content (AvgIpc) is 2.70. The van der Waals surface area contributed by atoms with Gasteiger partial charge in [-0.25, -0.2) is 10.2 Å². The molecule has 0 aliphatic rings. The van der Waals surface area contributed by atoms with Crippen LogP contribution in [0.3, 0.4) is 0 Å². The lowest BCUT2D eigenvalue weighted by Crippen LogP contribution is -2.19. The van der Waals surface area contributed by atoms with Crippen LogP contribution < -0.4 is 10.2 Å². The fourth-order valence-electron chi connectivity index (χ4n) is 2.44. The number of benzene rings is 3. The van der Waals surface area contributed by atoms with Crippen LogP contribution in [-0.2, 0) is 11.2 Å². The van der Waals surface area contributed by atoms with Crippen molar-refractivity contribution >= 4 is 41.3 Å². The Bertz CT molecular complexity index is 1040. The second-order valence-corrected chi connectivity index (χ2v) is 6.88. The van der Waals surface area contributed by atoms with Gasteiger partial charge in [-0.2, -0.15) is 5.10 Å². The molecule has 0 fully saturated rings. The molecule has 0 radical (unpaired) electrons. The Morgan fingerprint density at radius 1 is 0.966 bits per heavy atom. The summed E-state index contributed by atoms with van der Waals surface area (Å²) in [5.41, 5.74) is 4.34. The van der Waals surface area contributed by atoms with Gasteiger partial charge >= 0.3 is 5.97 Å². The summed E-state index contributed by atoms with van der Waals surface area (Å²) in [5.74, 6) is -0.439. The molecule has 0 atom stereocenters. The molecule has 0 heterocycles. The predicted octanol–water partition coefficient (Wildman–Crippen LogP) is 4.91. The summed E-state index contributed by atoms with van der Waals surface area (Å²) in [4.78, 5) is 24.1. The van der Waals surface area contributed by atoms with E-state index in [-0.39, 0.29) is 22.9 Å². The maximum absolute atomic E-state index is 12.2. The third-order valence-electron chi connectivity index (χ3n) is 3.85. The van der Waals surface area contributed by atoms with E-state index in [0.29, 0.717) is 10.8 Å².